The van der Waals surface area contributed by atoms with Crippen LogP contribution in [0, 0.1) is 5.82 Å². The fourth-order valence-electron chi connectivity index (χ4n) is 2.28. The first kappa shape index (κ1) is 17.5. The number of hydrogen-bond donors (Lipinski definition) is 1. The quantitative estimate of drug-likeness (QED) is 0.833. The van der Waals surface area contributed by atoms with E-state index in [2.05, 4.69) is 5.32 Å². The number of ether oxygens (including phenoxy) is 3. The van der Waals surface area contributed by atoms with Gasteiger partial charge >= 0.3 is 5.97 Å². The summed E-state index contributed by atoms with van der Waals surface area (Å²) in [6.07, 6.45) is -0.0497. The Morgan fingerprint density at radius 3 is 2.42 bits per heavy atom. The first-order chi connectivity index (χ1) is 12.6. The van der Waals surface area contributed by atoms with Crippen LogP contribution in [0.5, 0.6) is 0 Å². The maximum Gasteiger partial charge on any atom is 0.378 e. The molecule has 1 atom stereocenters. The van der Waals surface area contributed by atoms with Gasteiger partial charge in [0.15, 0.2) is 0 Å². The van der Waals surface area contributed by atoms with E-state index in [1.54, 1.807) is 30.3 Å². The molecule has 2 aromatic carbocycles. The minimum absolute atomic E-state index is 0.105. The lowest BCUT2D eigenvalue weighted by Gasteiger charge is -2.20. The van der Waals surface area contributed by atoms with E-state index in [9.17, 15) is 14.0 Å². The summed E-state index contributed by atoms with van der Waals surface area (Å²) in [7, 11) is 0. The highest BCUT2D eigenvalue weighted by Crippen LogP contribution is 2.22. The van der Waals surface area contributed by atoms with E-state index in [1.165, 1.54) is 24.3 Å². The number of benzene rings is 2. The molecule has 0 saturated carbocycles. The first-order valence-corrected chi connectivity index (χ1v) is 7.90. The zero-order valence-corrected chi connectivity index (χ0v) is 13.7. The molecule has 1 N–H and O–H groups in total. The monoisotopic (exact) mass is 357 g/mol. The highest BCUT2D eigenvalue weighted by molar-refractivity contribution is 5.97. The van der Waals surface area contributed by atoms with Crippen LogP contribution in [-0.4, -0.2) is 25.1 Å². The maximum atomic E-state index is 13.0. The van der Waals surface area contributed by atoms with Crippen LogP contribution in [0.25, 0.3) is 0 Å². The van der Waals surface area contributed by atoms with Gasteiger partial charge in [-0.15, -0.1) is 0 Å². The van der Waals surface area contributed by atoms with Gasteiger partial charge in [-0.1, -0.05) is 30.3 Å². The van der Waals surface area contributed by atoms with E-state index in [0.717, 1.165) is 6.26 Å². The molecule has 0 radical (unpaired) electrons. The summed E-state index contributed by atoms with van der Waals surface area (Å²) in [6.45, 7) is 0.558. The van der Waals surface area contributed by atoms with Crippen LogP contribution < -0.4 is 5.32 Å². The summed E-state index contributed by atoms with van der Waals surface area (Å²) >= 11 is 0. The number of esters is 1. The van der Waals surface area contributed by atoms with Crippen LogP contribution in [0.1, 0.15) is 11.7 Å². The summed E-state index contributed by atoms with van der Waals surface area (Å²) in [4.78, 5) is 24.9. The molecule has 0 aliphatic carbocycles. The Morgan fingerprint density at radius 2 is 1.77 bits per heavy atom. The topological polar surface area (TPSA) is 73.9 Å². The van der Waals surface area contributed by atoms with Gasteiger partial charge in [-0.3, -0.25) is 4.79 Å². The van der Waals surface area contributed by atoms with Crippen LogP contribution >= 0.6 is 0 Å². The molecular weight excluding hydrogens is 341 g/mol. The van der Waals surface area contributed by atoms with Crippen molar-refractivity contribution in [3.63, 3.8) is 0 Å². The van der Waals surface area contributed by atoms with Crippen molar-refractivity contribution in [1.82, 2.24) is 0 Å². The van der Waals surface area contributed by atoms with Crippen molar-refractivity contribution in [1.29, 1.82) is 0 Å². The van der Waals surface area contributed by atoms with E-state index < -0.39 is 23.8 Å². The van der Waals surface area contributed by atoms with E-state index in [-0.39, 0.29) is 12.4 Å². The van der Waals surface area contributed by atoms with E-state index in [4.69, 9.17) is 14.2 Å². The van der Waals surface area contributed by atoms with Crippen LogP contribution in [0.2, 0.25) is 0 Å². The Labute approximate surface area is 149 Å². The second-order valence-electron chi connectivity index (χ2n) is 5.39. The van der Waals surface area contributed by atoms with Gasteiger partial charge in [0, 0.05) is 11.3 Å². The summed E-state index contributed by atoms with van der Waals surface area (Å²) in [5.41, 5.74) is 0.864. The van der Waals surface area contributed by atoms with Crippen molar-refractivity contribution in [2.45, 2.75) is 6.10 Å². The number of carbonyl (C=O) groups is 2. The molecule has 3 rings (SSSR count). The number of hydrogen-bond acceptors (Lipinski definition) is 5. The highest BCUT2D eigenvalue weighted by Gasteiger charge is 2.28. The molecule has 1 aliphatic heterocycles. The number of anilines is 1. The van der Waals surface area contributed by atoms with E-state index in [1.807, 2.05) is 0 Å². The largest absolute Gasteiger partial charge is 0.493 e. The number of nitrogens with one attached hydrogen (secondary N) is 1. The van der Waals surface area contributed by atoms with Gasteiger partial charge in [-0.2, -0.15) is 0 Å². The molecule has 26 heavy (non-hydrogen) atoms. The molecule has 134 valence electrons. The van der Waals surface area contributed by atoms with Crippen molar-refractivity contribution >= 4 is 17.6 Å². The molecule has 0 unspecified atom stereocenters. The number of halogens is 1. The molecule has 0 saturated heterocycles. The Balaban J connectivity index is 1.78. The molecule has 7 heteroatoms. The zero-order valence-electron chi connectivity index (χ0n) is 13.7. The van der Waals surface area contributed by atoms with Gasteiger partial charge in [0.05, 0.1) is 0 Å². The SMILES string of the molecule is O=C(O[C@H](C(=O)Nc1ccc(F)cc1)c1ccccc1)C1=COCCO1. The van der Waals surface area contributed by atoms with Crippen LogP contribution in [0.3, 0.4) is 0 Å². The van der Waals surface area contributed by atoms with Gasteiger partial charge < -0.3 is 19.5 Å². The Hall–Kier alpha value is -3.35. The molecule has 0 bridgehead atoms. The minimum atomic E-state index is -1.21. The van der Waals surface area contributed by atoms with Gasteiger partial charge in [0.1, 0.15) is 25.3 Å². The number of carbonyl (C=O) groups excluding carboxylic acids is 2. The minimum Gasteiger partial charge on any atom is -0.493 e. The molecule has 1 amide bonds. The second kappa shape index (κ2) is 8.15. The lowest BCUT2D eigenvalue weighted by atomic mass is 10.1. The molecule has 1 heterocycles. The third-order valence-electron chi connectivity index (χ3n) is 3.53. The van der Waals surface area contributed by atoms with Crippen LogP contribution in [0.4, 0.5) is 10.1 Å². The lowest BCUT2D eigenvalue weighted by molar-refractivity contribution is -0.155. The van der Waals surface area contributed by atoms with Gasteiger partial charge in [0.25, 0.3) is 5.91 Å². The zero-order chi connectivity index (χ0) is 18.4. The number of rotatable bonds is 5. The predicted octanol–water partition coefficient (Wildman–Crippen LogP) is 2.94. The average molecular weight is 357 g/mol. The fraction of sp³-hybridized carbons (Fsp3) is 0.158. The molecule has 0 fully saturated rings. The van der Waals surface area contributed by atoms with Crippen molar-refractivity contribution in [3.8, 4) is 0 Å². The molecule has 2 aromatic rings. The second-order valence-corrected chi connectivity index (χ2v) is 5.39. The summed E-state index contributed by atoms with van der Waals surface area (Å²) in [5, 5.41) is 2.60. The lowest BCUT2D eigenvalue weighted by Crippen LogP contribution is -2.27. The van der Waals surface area contributed by atoms with Gasteiger partial charge in [0.2, 0.25) is 11.9 Å². The average Bonchev–Trinajstić information content (AvgIpc) is 2.69. The molecule has 0 spiro atoms. The number of amides is 1. The van der Waals surface area contributed by atoms with Crippen molar-refractivity contribution in [2.24, 2.45) is 0 Å². The Kier molecular flexibility index (Phi) is 5.48. The summed E-state index contributed by atoms with van der Waals surface area (Å²) in [5.74, 6) is -1.91. The smallest absolute Gasteiger partial charge is 0.378 e. The molecular formula is C19H16FNO5. The standard InChI is InChI=1S/C19H16FNO5/c20-14-6-8-15(9-7-14)21-18(22)17(13-4-2-1-3-5-13)26-19(23)16-12-24-10-11-25-16/h1-9,12,17H,10-11H2,(H,21,22)/t17-/m0/s1. The fourth-order valence-corrected chi connectivity index (χ4v) is 2.28. The predicted molar refractivity (Wildman–Crippen MR) is 90.3 cm³/mol. The van der Waals surface area contributed by atoms with Gasteiger partial charge in [-0.05, 0) is 24.3 Å². The normalized spacial score (nSPS) is 14.3. The van der Waals surface area contributed by atoms with Crippen molar-refractivity contribution in [3.05, 3.63) is 78.0 Å². The highest BCUT2D eigenvalue weighted by atomic mass is 19.1. The Morgan fingerprint density at radius 1 is 1.04 bits per heavy atom. The van der Waals surface area contributed by atoms with Crippen molar-refractivity contribution in [2.75, 3.05) is 18.5 Å². The van der Waals surface area contributed by atoms with E-state index >= 15 is 0 Å². The summed E-state index contributed by atoms with van der Waals surface area (Å²) < 4.78 is 28.6. The first-order valence-electron chi connectivity index (χ1n) is 7.90. The Bertz CT molecular complexity index is 804. The van der Waals surface area contributed by atoms with Crippen molar-refractivity contribution < 1.29 is 28.2 Å². The maximum absolute atomic E-state index is 13.0. The van der Waals surface area contributed by atoms with E-state index in [0.29, 0.717) is 17.9 Å². The molecule has 1 aliphatic rings. The third-order valence-corrected chi connectivity index (χ3v) is 3.53. The van der Waals surface area contributed by atoms with Crippen LogP contribution in [-0.2, 0) is 23.8 Å². The van der Waals surface area contributed by atoms with Crippen LogP contribution in [0.15, 0.2) is 66.6 Å². The molecule has 0 aromatic heterocycles. The molecule has 6 nitrogen and oxygen atoms in total. The summed E-state index contributed by atoms with van der Waals surface area (Å²) in [6, 6.07) is 13.8. The van der Waals surface area contributed by atoms with Gasteiger partial charge in [-0.25, -0.2) is 9.18 Å². The third kappa shape index (κ3) is 4.38.